The van der Waals surface area contributed by atoms with Gasteiger partial charge in [0.05, 0.1) is 12.4 Å². The van der Waals surface area contributed by atoms with Crippen LogP contribution in [0.4, 0.5) is 4.39 Å². The minimum Gasteiger partial charge on any atom is -0.813 e. The summed E-state index contributed by atoms with van der Waals surface area (Å²) in [6, 6.07) is 10.1. The second-order valence-corrected chi connectivity index (χ2v) is 2.51. The molecule has 1 aromatic heterocycles. The fourth-order valence-electron chi connectivity index (χ4n) is 0.997. The van der Waals surface area contributed by atoms with Gasteiger partial charge in [0.15, 0.2) is 5.82 Å². The molecule has 15 heavy (non-hydrogen) atoms. The van der Waals surface area contributed by atoms with E-state index in [0.29, 0.717) is 5.82 Å². The summed E-state index contributed by atoms with van der Waals surface area (Å²) in [4.78, 5) is 7.70. The van der Waals surface area contributed by atoms with Crippen molar-refractivity contribution in [3.63, 3.8) is 0 Å². The smallest absolute Gasteiger partial charge is 0.813 e. The molecule has 2 aromatic rings. The van der Waals surface area contributed by atoms with Gasteiger partial charge in [0.25, 0.3) is 0 Å². The third-order valence-corrected chi connectivity index (χ3v) is 1.60. The van der Waals surface area contributed by atoms with Crippen LogP contribution in [0, 0.1) is 11.9 Å². The van der Waals surface area contributed by atoms with Gasteiger partial charge in [-0.1, -0.05) is 5.56 Å². The fourth-order valence-corrected chi connectivity index (χ4v) is 0.997. The van der Waals surface area contributed by atoms with E-state index in [1.807, 2.05) is 12.1 Å². The van der Waals surface area contributed by atoms with Gasteiger partial charge in [-0.2, -0.15) is 30.3 Å². The first kappa shape index (κ1) is 15.6. The van der Waals surface area contributed by atoms with Gasteiger partial charge in [-0.25, -0.2) is 14.4 Å². The van der Waals surface area contributed by atoms with E-state index in [0.717, 1.165) is 18.0 Å². The molecule has 2 rings (SSSR count). The van der Waals surface area contributed by atoms with Gasteiger partial charge in [0.2, 0.25) is 0 Å². The Labute approximate surface area is 154 Å². The van der Waals surface area contributed by atoms with E-state index in [-0.39, 0.29) is 82.4 Å². The Hall–Kier alpha value is 0.632. The predicted molar refractivity (Wildman–Crippen MR) is 55.0 cm³/mol. The zero-order valence-corrected chi connectivity index (χ0v) is 15.4. The first-order valence-corrected chi connectivity index (χ1v) is 3.80. The molecule has 0 unspecified atom stereocenters. The van der Waals surface area contributed by atoms with E-state index < -0.39 is 5.82 Å². The Morgan fingerprint density at radius 3 is 2.13 bits per heavy atom. The second kappa shape index (κ2) is 7.83. The van der Waals surface area contributed by atoms with E-state index in [9.17, 15) is 4.39 Å². The van der Waals surface area contributed by atoms with Gasteiger partial charge >= 0.3 is 68.9 Å². The molecule has 0 aliphatic rings. The number of hydrogen-bond acceptors (Lipinski definition) is 3. The molecule has 0 bridgehead atoms. The third kappa shape index (κ3) is 4.56. The van der Waals surface area contributed by atoms with Gasteiger partial charge in [-0.05, 0) is 0 Å². The summed E-state index contributed by atoms with van der Waals surface area (Å²) in [7, 11) is 0. The first-order chi connectivity index (χ1) is 6.36. The van der Waals surface area contributed by atoms with E-state index in [2.05, 4.69) is 16.0 Å². The van der Waals surface area contributed by atoms with Gasteiger partial charge in [-0.15, -0.1) is 0 Å². The SMILES string of the molecule is Fc1cnc(-c2cc[c-]cc2)nc1.[Cs+].[SH-]. The van der Waals surface area contributed by atoms with E-state index in [4.69, 9.17) is 0 Å². The number of benzene rings is 1. The van der Waals surface area contributed by atoms with Crippen LogP contribution >= 0.6 is 0 Å². The van der Waals surface area contributed by atoms with Crippen molar-refractivity contribution in [2.75, 3.05) is 0 Å². The minimum atomic E-state index is -0.425. The number of rotatable bonds is 1. The molecule has 0 radical (unpaired) electrons. The normalized spacial score (nSPS) is 8.60. The molecular formula is C10H7CsFN2S-. The minimum absolute atomic E-state index is 0. The molecule has 1 heterocycles. The zero-order valence-electron chi connectivity index (χ0n) is 8.18. The summed E-state index contributed by atoms with van der Waals surface area (Å²) in [6.07, 6.45) is 2.30. The van der Waals surface area contributed by atoms with Crippen molar-refractivity contribution in [3.05, 3.63) is 48.5 Å². The molecule has 0 atom stereocenters. The fraction of sp³-hybridized carbons (Fsp3) is 0. The molecule has 2 nitrogen and oxygen atoms in total. The van der Waals surface area contributed by atoms with Crippen molar-refractivity contribution in [1.82, 2.24) is 9.97 Å². The number of nitrogens with zero attached hydrogens (tertiary/aromatic N) is 2. The topological polar surface area (TPSA) is 25.8 Å². The molecule has 0 fully saturated rings. The van der Waals surface area contributed by atoms with Crippen LogP contribution in [0.2, 0.25) is 0 Å². The van der Waals surface area contributed by atoms with Crippen molar-refractivity contribution >= 4 is 13.5 Å². The Bertz CT molecular complexity index is 394. The van der Waals surface area contributed by atoms with Crippen molar-refractivity contribution in [2.24, 2.45) is 0 Å². The number of halogens is 1. The summed E-state index contributed by atoms with van der Waals surface area (Å²) >= 11 is 0. The van der Waals surface area contributed by atoms with Crippen LogP contribution in [-0.2, 0) is 13.5 Å². The standard InChI is InChI=1S/C10H6FN2.Cs.H2S/c11-9-6-12-10(13-7-9)8-4-2-1-3-5-8;;/h2-7H;;1H2/q-1;+1;/p-1. The molecule has 0 aliphatic heterocycles. The second-order valence-electron chi connectivity index (χ2n) is 2.51. The quantitative estimate of drug-likeness (QED) is 0.372. The molecule has 0 N–H and O–H groups in total. The van der Waals surface area contributed by atoms with Gasteiger partial charge in [0.1, 0.15) is 5.82 Å². The van der Waals surface area contributed by atoms with E-state index >= 15 is 0 Å². The summed E-state index contributed by atoms with van der Waals surface area (Å²) in [5, 5.41) is 0. The van der Waals surface area contributed by atoms with Gasteiger partial charge in [0, 0.05) is 0 Å². The van der Waals surface area contributed by atoms with Gasteiger partial charge < -0.3 is 13.5 Å². The number of aromatic nitrogens is 2. The average molecular weight is 339 g/mol. The Kier molecular flexibility index (Phi) is 8.16. The van der Waals surface area contributed by atoms with Crippen molar-refractivity contribution in [3.8, 4) is 11.4 Å². The van der Waals surface area contributed by atoms with Crippen molar-refractivity contribution < 1.29 is 73.3 Å². The maximum absolute atomic E-state index is 12.5. The molecule has 0 saturated carbocycles. The molecule has 0 amide bonds. The number of hydrogen-bond donors (Lipinski definition) is 0. The zero-order chi connectivity index (χ0) is 9.10. The summed E-state index contributed by atoms with van der Waals surface area (Å²) < 4.78 is 12.5. The van der Waals surface area contributed by atoms with Crippen molar-refractivity contribution in [1.29, 1.82) is 0 Å². The molecule has 0 spiro atoms. The average Bonchev–Trinajstić information content (AvgIpc) is 2.20. The van der Waals surface area contributed by atoms with Crippen LogP contribution in [0.1, 0.15) is 0 Å². The molecule has 0 saturated heterocycles. The Morgan fingerprint density at radius 2 is 1.60 bits per heavy atom. The van der Waals surface area contributed by atoms with Crippen molar-refractivity contribution in [2.45, 2.75) is 0 Å². The van der Waals surface area contributed by atoms with E-state index in [1.165, 1.54) is 0 Å². The largest absolute Gasteiger partial charge is 1.00 e. The summed E-state index contributed by atoms with van der Waals surface area (Å²) in [5.41, 5.74) is 0.860. The summed E-state index contributed by atoms with van der Waals surface area (Å²) in [5.74, 6) is 0.0987. The van der Waals surface area contributed by atoms with Crippen LogP contribution in [0.5, 0.6) is 0 Å². The van der Waals surface area contributed by atoms with Crippen LogP contribution in [-0.4, -0.2) is 9.97 Å². The molecule has 1 aromatic carbocycles. The molecule has 72 valence electrons. The van der Waals surface area contributed by atoms with Crippen LogP contribution in [0.15, 0.2) is 36.7 Å². The number of thiol groups is 1. The summed E-state index contributed by atoms with van der Waals surface area (Å²) in [6.45, 7) is 0. The van der Waals surface area contributed by atoms with Crippen LogP contribution < -0.4 is 68.9 Å². The molecule has 0 aliphatic carbocycles. The van der Waals surface area contributed by atoms with E-state index in [1.54, 1.807) is 12.1 Å². The third-order valence-electron chi connectivity index (χ3n) is 1.60. The maximum atomic E-state index is 12.5. The Balaban J connectivity index is 0.000000980. The van der Waals surface area contributed by atoms with Crippen LogP contribution in [0.25, 0.3) is 11.4 Å². The van der Waals surface area contributed by atoms with Gasteiger partial charge in [-0.3, -0.25) is 0 Å². The van der Waals surface area contributed by atoms with Crippen LogP contribution in [0.3, 0.4) is 0 Å². The maximum Gasteiger partial charge on any atom is 1.00 e. The predicted octanol–water partition coefficient (Wildman–Crippen LogP) is -1.18. The molecular weight excluding hydrogens is 332 g/mol. The Morgan fingerprint density at radius 1 is 1.07 bits per heavy atom. The first-order valence-electron chi connectivity index (χ1n) is 3.80. The monoisotopic (exact) mass is 339 g/mol. The molecule has 5 heteroatoms.